The molecule has 0 radical (unpaired) electrons. The molecule has 0 atom stereocenters. The molecule has 0 spiro atoms. The molecule has 0 saturated carbocycles. The molecule has 0 aliphatic rings. The van der Waals surface area contributed by atoms with Crippen molar-refractivity contribution in [3.8, 4) is 11.8 Å². The Balaban J connectivity index is 1.87. The second-order valence-corrected chi connectivity index (χ2v) is 5.23. The van der Waals surface area contributed by atoms with Crippen LogP contribution < -0.4 is 4.74 Å². The van der Waals surface area contributed by atoms with E-state index in [-0.39, 0.29) is 11.6 Å². The average molecular weight is 345 g/mol. The Bertz CT molecular complexity index is 819. The molecule has 0 amide bonds. The topological polar surface area (TPSA) is 72.3 Å². The van der Waals surface area contributed by atoms with Gasteiger partial charge in [0.15, 0.2) is 0 Å². The molecule has 2 aromatic carbocycles. The van der Waals surface area contributed by atoms with Crippen LogP contribution in [-0.4, -0.2) is 21.0 Å². The van der Waals surface area contributed by atoms with E-state index in [4.69, 9.17) is 9.84 Å². The maximum Gasteiger partial charge on any atom is 0.338 e. The first-order chi connectivity index (χ1) is 10.1. The van der Waals surface area contributed by atoms with Gasteiger partial charge in [-0.15, -0.1) is 0 Å². The van der Waals surface area contributed by atoms with Crippen LogP contribution in [0, 0.1) is 0 Å². The number of benzene rings is 2. The van der Waals surface area contributed by atoms with Gasteiger partial charge in [0.1, 0.15) is 5.75 Å². The van der Waals surface area contributed by atoms with Crippen molar-refractivity contribution < 1.29 is 14.6 Å². The molecule has 0 aliphatic carbocycles. The third-order valence-corrected chi connectivity index (χ3v) is 3.35. The molecule has 104 valence electrons. The molecule has 6 heteroatoms. The van der Waals surface area contributed by atoms with Gasteiger partial charge in [0.05, 0.1) is 5.56 Å². The number of ether oxygens (including phenoxy) is 1. The maximum atomic E-state index is 10.7. The number of aromatic carboxylic acids is 1. The summed E-state index contributed by atoms with van der Waals surface area (Å²) in [7, 11) is 0. The lowest BCUT2D eigenvalue weighted by atomic mass is 10.1. The first-order valence-electron chi connectivity index (χ1n) is 6.04. The summed E-state index contributed by atoms with van der Waals surface area (Å²) >= 11 is 3.42. The second-order valence-electron chi connectivity index (χ2n) is 4.31. The molecular weight excluding hydrogens is 336 g/mol. The van der Waals surface area contributed by atoms with Crippen molar-refractivity contribution in [2.24, 2.45) is 0 Å². The monoisotopic (exact) mass is 344 g/mol. The van der Waals surface area contributed by atoms with E-state index in [1.54, 1.807) is 0 Å². The first kappa shape index (κ1) is 13.5. The summed E-state index contributed by atoms with van der Waals surface area (Å²) in [6, 6.07) is 11.7. The predicted octanol–water partition coefficient (Wildman–Crippen LogP) is 3.88. The summed E-state index contributed by atoms with van der Waals surface area (Å²) in [6.45, 7) is 0. The van der Waals surface area contributed by atoms with Crippen molar-refractivity contribution in [1.29, 1.82) is 0 Å². The lowest BCUT2D eigenvalue weighted by molar-refractivity contribution is 0.0696. The zero-order chi connectivity index (χ0) is 14.8. The molecule has 5 nitrogen and oxygen atoms in total. The highest BCUT2D eigenvalue weighted by Gasteiger charge is 2.06. The molecule has 0 saturated heterocycles. The van der Waals surface area contributed by atoms with Gasteiger partial charge in [0.2, 0.25) is 0 Å². The van der Waals surface area contributed by atoms with E-state index in [1.807, 2.05) is 36.4 Å². The third kappa shape index (κ3) is 3.00. The molecule has 0 fully saturated rings. The minimum Gasteiger partial charge on any atom is -0.478 e. The van der Waals surface area contributed by atoms with E-state index >= 15 is 0 Å². The summed E-state index contributed by atoms with van der Waals surface area (Å²) < 4.78 is 6.53. The lowest BCUT2D eigenvalue weighted by Crippen LogP contribution is -1.99. The fraction of sp³-hybridized carbons (Fsp3) is 0. The molecule has 3 rings (SSSR count). The highest BCUT2D eigenvalue weighted by atomic mass is 79.9. The van der Waals surface area contributed by atoms with Crippen LogP contribution in [0.15, 0.2) is 53.3 Å². The molecular formula is C15H9BrN2O3. The number of aromatic nitrogens is 2. The van der Waals surface area contributed by atoms with Gasteiger partial charge >= 0.3 is 12.0 Å². The second kappa shape index (κ2) is 5.49. The van der Waals surface area contributed by atoms with Crippen LogP contribution in [0.4, 0.5) is 0 Å². The molecule has 1 aromatic heterocycles. The first-order valence-corrected chi connectivity index (χ1v) is 6.83. The van der Waals surface area contributed by atoms with Crippen LogP contribution in [0.1, 0.15) is 10.4 Å². The van der Waals surface area contributed by atoms with Crippen LogP contribution in [-0.2, 0) is 0 Å². The van der Waals surface area contributed by atoms with E-state index in [0.717, 1.165) is 15.2 Å². The van der Waals surface area contributed by atoms with E-state index in [0.29, 0.717) is 5.75 Å². The summed E-state index contributed by atoms with van der Waals surface area (Å²) in [5.74, 6) is -0.481. The summed E-state index contributed by atoms with van der Waals surface area (Å²) in [4.78, 5) is 18.5. The van der Waals surface area contributed by atoms with Crippen LogP contribution in [0.25, 0.3) is 10.8 Å². The van der Waals surface area contributed by atoms with Gasteiger partial charge in [-0.05, 0) is 35.0 Å². The maximum absolute atomic E-state index is 10.7. The zero-order valence-corrected chi connectivity index (χ0v) is 12.2. The van der Waals surface area contributed by atoms with Gasteiger partial charge in [0, 0.05) is 16.9 Å². The molecule has 1 heterocycles. The van der Waals surface area contributed by atoms with Crippen LogP contribution in [0.3, 0.4) is 0 Å². The molecule has 0 aliphatic heterocycles. The molecule has 3 aromatic rings. The fourth-order valence-electron chi connectivity index (χ4n) is 1.84. The van der Waals surface area contributed by atoms with Crippen molar-refractivity contribution in [1.82, 2.24) is 9.97 Å². The Morgan fingerprint density at radius 1 is 1.05 bits per heavy atom. The summed E-state index contributed by atoms with van der Waals surface area (Å²) in [5.41, 5.74) is 0.0192. The SMILES string of the molecule is O=C(O)c1cnc(Oc2ccc3cc(Br)ccc3c2)nc1. The average Bonchev–Trinajstić information content (AvgIpc) is 2.48. The fourth-order valence-corrected chi connectivity index (χ4v) is 2.22. The minimum absolute atomic E-state index is 0.0192. The number of carboxylic acids is 1. The van der Waals surface area contributed by atoms with Crippen molar-refractivity contribution in [2.75, 3.05) is 0 Å². The molecule has 1 N–H and O–H groups in total. The van der Waals surface area contributed by atoms with Gasteiger partial charge in [-0.3, -0.25) is 0 Å². The van der Waals surface area contributed by atoms with Crippen molar-refractivity contribution in [2.45, 2.75) is 0 Å². The van der Waals surface area contributed by atoms with Crippen LogP contribution in [0.5, 0.6) is 11.8 Å². The number of carbonyl (C=O) groups is 1. The zero-order valence-electron chi connectivity index (χ0n) is 10.7. The Hall–Kier alpha value is -2.47. The van der Waals surface area contributed by atoms with Gasteiger partial charge < -0.3 is 9.84 Å². The normalized spacial score (nSPS) is 10.5. The number of hydrogen-bond acceptors (Lipinski definition) is 4. The van der Waals surface area contributed by atoms with Crippen molar-refractivity contribution in [3.63, 3.8) is 0 Å². The van der Waals surface area contributed by atoms with E-state index in [2.05, 4.69) is 25.9 Å². The number of nitrogens with zero attached hydrogens (tertiary/aromatic N) is 2. The van der Waals surface area contributed by atoms with Gasteiger partial charge in [0.25, 0.3) is 0 Å². The number of fused-ring (bicyclic) bond motifs is 1. The lowest BCUT2D eigenvalue weighted by Gasteiger charge is -2.05. The van der Waals surface area contributed by atoms with Crippen LogP contribution in [0.2, 0.25) is 0 Å². The Labute approximate surface area is 128 Å². The third-order valence-electron chi connectivity index (χ3n) is 2.86. The quantitative estimate of drug-likeness (QED) is 0.780. The number of hydrogen-bond donors (Lipinski definition) is 1. The van der Waals surface area contributed by atoms with E-state index in [9.17, 15) is 4.79 Å². The summed E-state index contributed by atoms with van der Waals surface area (Å²) in [5, 5.41) is 10.9. The Morgan fingerprint density at radius 3 is 2.43 bits per heavy atom. The predicted molar refractivity (Wildman–Crippen MR) is 80.7 cm³/mol. The highest BCUT2D eigenvalue weighted by Crippen LogP contribution is 2.26. The Morgan fingerprint density at radius 2 is 1.71 bits per heavy atom. The largest absolute Gasteiger partial charge is 0.478 e. The van der Waals surface area contributed by atoms with Crippen molar-refractivity contribution >= 4 is 32.7 Å². The molecule has 0 bridgehead atoms. The minimum atomic E-state index is -1.07. The Kier molecular flexibility index (Phi) is 3.53. The van der Waals surface area contributed by atoms with Crippen LogP contribution >= 0.6 is 15.9 Å². The van der Waals surface area contributed by atoms with Gasteiger partial charge in [-0.25, -0.2) is 14.8 Å². The molecule has 0 unspecified atom stereocenters. The molecule has 21 heavy (non-hydrogen) atoms. The standard InChI is InChI=1S/C15H9BrN2O3/c16-12-3-1-10-6-13(4-2-9(10)5-12)21-15-17-7-11(8-18-15)14(19)20/h1-8H,(H,19,20). The number of rotatable bonds is 3. The van der Waals surface area contributed by atoms with Gasteiger partial charge in [-0.2, -0.15) is 0 Å². The summed E-state index contributed by atoms with van der Waals surface area (Å²) in [6.07, 6.45) is 2.42. The highest BCUT2D eigenvalue weighted by molar-refractivity contribution is 9.10. The number of carboxylic acid groups (broad SMARTS) is 1. The number of halogens is 1. The van der Waals surface area contributed by atoms with E-state index < -0.39 is 5.97 Å². The van der Waals surface area contributed by atoms with E-state index in [1.165, 1.54) is 12.4 Å². The smallest absolute Gasteiger partial charge is 0.338 e. The van der Waals surface area contributed by atoms with Crippen molar-refractivity contribution in [3.05, 3.63) is 58.8 Å². The van der Waals surface area contributed by atoms with Gasteiger partial charge in [-0.1, -0.05) is 28.1 Å².